The molecular formula is C24H30Cl2N2O3S. The highest BCUT2D eigenvalue weighted by Crippen LogP contribution is 2.27. The smallest absolute Gasteiger partial charge is 0.242 e. The first-order valence-corrected chi connectivity index (χ1v) is 12.2. The van der Waals surface area contributed by atoms with Crippen molar-refractivity contribution in [3.8, 4) is 5.75 Å². The number of benzene rings is 2. The zero-order valence-corrected chi connectivity index (χ0v) is 21.4. The Labute approximate surface area is 204 Å². The first-order chi connectivity index (χ1) is 15.0. The highest BCUT2D eigenvalue weighted by molar-refractivity contribution is 7.99. The van der Waals surface area contributed by atoms with Gasteiger partial charge in [-0.2, -0.15) is 0 Å². The van der Waals surface area contributed by atoms with Gasteiger partial charge in [-0.3, -0.25) is 9.59 Å². The third kappa shape index (κ3) is 7.91. The van der Waals surface area contributed by atoms with E-state index in [4.69, 9.17) is 27.9 Å². The van der Waals surface area contributed by atoms with E-state index >= 15 is 0 Å². The Morgan fingerprint density at radius 2 is 1.69 bits per heavy atom. The van der Waals surface area contributed by atoms with Gasteiger partial charge in [0.2, 0.25) is 11.8 Å². The largest absolute Gasteiger partial charge is 0.497 e. The first-order valence-electron chi connectivity index (χ1n) is 10.3. The van der Waals surface area contributed by atoms with Crippen molar-refractivity contribution in [2.24, 2.45) is 0 Å². The summed E-state index contributed by atoms with van der Waals surface area (Å²) in [6, 6.07) is 12.2. The van der Waals surface area contributed by atoms with Crippen LogP contribution < -0.4 is 10.1 Å². The maximum Gasteiger partial charge on any atom is 0.242 e. The van der Waals surface area contributed by atoms with E-state index in [9.17, 15) is 9.59 Å². The average Bonchev–Trinajstić information content (AvgIpc) is 2.72. The van der Waals surface area contributed by atoms with Crippen LogP contribution in [0.4, 0.5) is 0 Å². The van der Waals surface area contributed by atoms with Crippen LogP contribution >= 0.6 is 35.0 Å². The molecule has 0 fully saturated rings. The molecular weight excluding hydrogens is 467 g/mol. The summed E-state index contributed by atoms with van der Waals surface area (Å²) >= 11 is 14.2. The van der Waals surface area contributed by atoms with Crippen LogP contribution in [0.5, 0.6) is 5.75 Å². The van der Waals surface area contributed by atoms with Crippen molar-refractivity contribution < 1.29 is 14.3 Å². The fourth-order valence-corrected chi connectivity index (χ4v) is 4.36. The summed E-state index contributed by atoms with van der Waals surface area (Å²) in [5.41, 5.74) is 1.30. The minimum atomic E-state index is -0.685. The minimum absolute atomic E-state index is 0.152. The molecule has 0 spiro atoms. The fourth-order valence-electron chi connectivity index (χ4n) is 2.97. The van der Waals surface area contributed by atoms with Crippen LogP contribution in [0.15, 0.2) is 42.5 Å². The zero-order chi connectivity index (χ0) is 23.9. The Bertz CT molecular complexity index is 910. The summed E-state index contributed by atoms with van der Waals surface area (Å²) in [6.45, 7) is 7.58. The van der Waals surface area contributed by atoms with E-state index < -0.39 is 11.6 Å². The van der Waals surface area contributed by atoms with E-state index in [-0.39, 0.29) is 24.1 Å². The lowest BCUT2D eigenvalue weighted by Crippen LogP contribution is -2.52. The summed E-state index contributed by atoms with van der Waals surface area (Å²) in [5.74, 6) is 1.29. The number of amides is 2. The van der Waals surface area contributed by atoms with Crippen LogP contribution in [0, 0.1) is 0 Å². The Balaban J connectivity index is 2.14. The molecule has 2 rings (SSSR count). The third-order valence-electron chi connectivity index (χ3n) is 4.71. The molecule has 0 saturated heterocycles. The van der Waals surface area contributed by atoms with Gasteiger partial charge in [-0.15, -0.1) is 11.8 Å². The number of carbonyl (C=O) groups is 2. The van der Waals surface area contributed by atoms with E-state index in [1.807, 2.05) is 45.0 Å². The van der Waals surface area contributed by atoms with Crippen molar-refractivity contribution in [2.45, 2.75) is 51.6 Å². The minimum Gasteiger partial charge on any atom is -0.497 e. The predicted octanol–water partition coefficient (Wildman–Crippen LogP) is 5.57. The molecule has 1 N–H and O–H groups in total. The van der Waals surface area contributed by atoms with Gasteiger partial charge in [0.25, 0.3) is 0 Å². The molecule has 0 bridgehead atoms. The van der Waals surface area contributed by atoms with Gasteiger partial charge in [0.1, 0.15) is 11.8 Å². The molecule has 2 amide bonds. The zero-order valence-electron chi connectivity index (χ0n) is 19.1. The topological polar surface area (TPSA) is 58.6 Å². The fraction of sp³-hybridized carbons (Fsp3) is 0.417. The quantitative estimate of drug-likeness (QED) is 0.492. The summed E-state index contributed by atoms with van der Waals surface area (Å²) in [6.07, 6.45) is 0. The molecule has 32 heavy (non-hydrogen) atoms. The molecule has 0 aliphatic heterocycles. The molecule has 0 saturated carbocycles. The summed E-state index contributed by atoms with van der Waals surface area (Å²) in [5, 5.41) is 3.87. The van der Waals surface area contributed by atoms with Crippen LogP contribution in [0.3, 0.4) is 0 Å². The number of nitrogens with one attached hydrogen (secondary N) is 1. The van der Waals surface area contributed by atoms with Gasteiger partial charge in [-0.05, 0) is 57.5 Å². The second-order valence-electron chi connectivity index (χ2n) is 8.48. The van der Waals surface area contributed by atoms with E-state index in [0.717, 1.165) is 11.3 Å². The standard InChI is InChI=1S/C24H30Cl2N2O3S/c1-16(23(30)27-24(2,3)4)28(13-19-20(25)7-6-8-21(19)26)22(29)15-32-14-17-9-11-18(31-5)12-10-17/h6-12,16H,13-15H2,1-5H3,(H,27,30). The molecule has 5 nitrogen and oxygen atoms in total. The molecule has 2 aromatic carbocycles. The lowest BCUT2D eigenvalue weighted by atomic mass is 10.1. The molecule has 2 aromatic rings. The van der Waals surface area contributed by atoms with Crippen LogP contribution in [-0.2, 0) is 21.9 Å². The number of thioether (sulfide) groups is 1. The molecule has 0 aliphatic rings. The molecule has 0 heterocycles. The maximum absolute atomic E-state index is 13.2. The second-order valence-corrected chi connectivity index (χ2v) is 10.3. The number of rotatable bonds is 9. The SMILES string of the molecule is COc1ccc(CSCC(=O)N(Cc2c(Cl)cccc2Cl)C(C)C(=O)NC(C)(C)C)cc1. The van der Waals surface area contributed by atoms with Gasteiger partial charge < -0.3 is 15.0 Å². The molecule has 0 radical (unpaired) electrons. The van der Waals surface area contributed by atoms with Crippen molar-refractivity contribution in [3.63, 3.8) is 0 Å². The number of ether oxygens (including phenoxy) is 1. The monoisotopic (exact) mass is 496 g/mol. The Hall–Kier alpha value is -1.89. The molecule has 1 unspecified atom stereocenters. The van der Waals surface area contributed by atoms with Gasteiger partial charge in [-0.25, -0.2) is 0 Å². The van der Waals surface area contributed by atoms with Gasteiger partial charge in [0, 0.05) is 33.4 Å². The van der Waals surface area contributed by atoms with Crippen LogP contribution in [0.1, 0.15) is 38.8 Å². The van der Waals surface area contributed by atoms with Crippen molar-refractivity contribution in [1.29, 1.82) is 0 Å². The first kappa shape index (κ1) is 26.4. The summed E-state index contributed by atoms with van der Waals surface area (Å²) in [7, 11) is 1.62. The highest BCUT2D eigenvalue weighted by Gasteiger charge is 2.29. The summed E-state index contributed by atoms with van der Waals surface area (Å²) < 4.78 is 5.18. The highest BCUT2D eigenvalue weighted by atomic mass is 35.5. The van der Waals surface area contributed by atoms with Gasteiger partial charge in [0.15, 0.2) is 0 Å². The summed E-state index contributed by atoms with van der Waals surface area (Å²) in [4.78, 5) is 27.6. The number of methoxy groups -OCH3 is 1. The molecule has 0 aliphatic carbocycles. The second kappa shape index (κ2) is 11.8. The third-order valence-corrected chi connectivity index (χ3v) is 6.41. The van der Waals surface area contributed by atoms with E-state index in [0.29, 0.717) is 21.4 Å². The number of halogens is 2. The van der Waals surface area contributed by atoms with E-state index in [1.54, 1.807) is 32.2 Å². The lowest BCUT2D eigenvalue weighted by Gasteiger charge is -2.32. The number of nitrogens with zero attached hydrogens (tertiary/aromatic N) is 1. The van der Waals surface area contributed by atoms with E-state index in [1.165, 1.54) is 16.7 Å². The van der Waals surface area contributed by atoms with Crippen LogP contribution in [0.25, 0.3) is 0 Å². The van der Waals surface area contributed by atoms with E-state index in [2.05, 4.69) is 5.32 Å². The molecule has 174 valence electrons. The Kier molecular flexibility index (Phi) is 9.74. The van der Waals surface area contributed by atoms with Crippen molar-refractivity contribution in [1.82, 2.24) is 10.2 Å². The lowest BCUT2D eigenvalue weighted by molar-refractivity contribution is -0.139. The predicted molar refractivity (Wildman–Crippen MR) is 134 cm³/mol. The molecule has 0 aromatic heterocycles. The Morgan fingerprint density at radius 1 is 1.09 bits per heavy atom. The number of carbonyl (C=O) groups excluding carboxylic acids is 2. The van der Waals surface area contributed by atoms with Gasteiger partial charge in [-0.1, -0.05) is 41.4 Å². The van der Waals surface area contributed by atoms with Crippen molar-refractivity contribution >= 4 is 46.8 Å². The van der Waals surface area contributed by atoms with Crippen LogP contribution in [0.2, 0.25) is 10.0 Å². The number of hydrogen-bond acceptors (Lipinski definition) is 4. The molecule has 1 atom stereocenters. The van der Waals surface area contributed by atoms with Crippen LogP contribution in [-0.4, -0.2) is 41.2 Å². The normalized spacial score (nSPS) is 12.2. The number of hydrogen-bond donors (Lipinski definition) is 1. The van der Waals surface area contributed by atoms with Gasteiger partial charge >= 0.3 is 0 Å². The van der Waals surface area contributed by atoms with Crippen molar-refractivity contribution in [2.75, 3.05) is 12.9 Å². The van der Waals surface area contributed by atoms with Gasteiger partial charge in [0.05, 0.1) is 12.9 Å². The maximum atomic E-state index is 13.2. The average molecular weight is 497 g/mol. The van der Waals surface area contributed by atoms with Crippen molar-refractivity contribution in [3.05, 3.63) is 63.6 Å². The Morgan fingerprint density at radius 3 is 2.22 bits per heavy atom. The molecule has 8 heteroatoms.